The molecule has 2 aliphatic rings. The summed E-state index contributed by atoms with van der Waals surface area (Å²) >= 11 is 1.52. The van der Waals surface area contributed by atoms with Gasteiger partial charge in [-0.1, -0.05) is 51.8 Å². The molecular formula is C25H29NO3S. The van der Waals surface area contributed by atoms with Gasteiger partial charge in [-0.25, -0.2) is 0 Å². The third kappa shape index (κ3) is 3.49. The maximum absolute atomic E-state index is 13.2. The Kier molecular flexibility index (Phi) is 5.35. The highest BCUT2D eigenvalue weighted by atomic mass is 32.1. The summed E-state index contributed by atoms with van der Waals surface area (Å²) in [5.41, 5.74) is 2.73. The normalized spacial score (nSPS) is 22.3. The summed E-state index contributed by atoms with van der Waals surface area (Å²) in [5.74, 6) is -1.11. The molecule has 2 aromatic rings. The first-order valence-electron chi connectivity index (χ1n) is 10.6. The fourth-order valence-electron chi connectivity index (χ4n) is 4.62. The van der Waals surface area contributed by atoms with E-state index in [2.05, 4.69) is 26.8 Å². The quantitative estimate of drug-likeness (QED) is 0.390. The third-order valence-corrected chi connectivity index (χ3v) is 7.29. The van der Waals surface area contributed by atoms with Gasteiger partial charge in [0, 0.05) is 16.5 Å². The molecule has 1 atom stereocenters. The van der Waals surface area contributed by atoms with Gasteiger partial charge < -0.3 is 10.0 Å². The molecule has 30 heavy (non-hydrogen) atoms. The lowest BCUT2D eigenvalue weighted by molar-refractivity contribution is -0.141. The summed E-state index contributed by atoms with van der Waals surface area (Å²) in [6.45, 7) is 8.28. The lowest BCUT2D eigenvalue weighted by Crippen LogP contribution is -2.37. The summed E-state index contributed by atoms with van der Waals surface area (Å²) in [6.07, 6.45) is 3.95. The second-order valence-electron chi connectivity index (χ2n) is 9.44. The molecule has 1 aliphatic heterocycles. The summed E-state index contributed by atoms with van der Waals surface area (Å²) in [5, 5.41) is 13.3. The number of benzene rings is 1. The average Bonchev–Trinajstić information content (AvgIpc) is 3.43. The Morgan fingerprint density at radius 2 is 1.83 bits per heavy atom. The fourth-order valence-corrected chi connectivity index (χ4v) is 5.46. The zero-order chi connectivity index (χ0) is 21.6. The molecule has 1 aromatic carbocycles. The Morgan fingerprint density at radius 1 is 1.13 bits per heavy atom. The Hall–Kier alpha value is -2.40. The number of thiophene rings is 1. The number of Topliss-reactive ketones (excluding diaryl/α,β-unsaturated/α-hetero) is 1. The van der Waals surface area contributed by atoms with Gasteiger partial charge >= 0.3 is 0 Å². The number of hydrogen-bond acceptors (Lipinski definition) is 4. The van der Waals surface area contributed by atoms with Crippen LogP contribution in [0.25, 0.3) is 5.76 Å². The molecule has 1 N–H and O–H groups in total. The predicted molar refractivity (Wildman–Crippen MR) is 121 cm³/mol. The molecule has 4 rings (SSSR count). The number of rotatable bonds is 3. The van der Waals surface area contributed by atoms with Crippen LogP contribution in [0.1, 0.15) is 74.1 Å². The molecule has 1 aliphatic carbocycles. The summed E-state index contributed by atoms with van der Waals surface area (Å²) in [7, 11) is 0. The lowest BCUT2D eigenvalue weighted by Gasteiger charge is -2.30. The Labute approximate surface area is 182 Å². The number of hydrogen-bond donors (Lipinski definition) is 1. The van der Waals surface area contributed by atoms with Crippen LogP contribution in [0.15, 0.2) is 41.3 Å². The molecule has 0 radical (unpaired) electrons. The topological polar surface area (TPSA) is 57.6 Å². The van der Waals surface area contributed by atoms with Crippen molar-refractivity contribution in [3.05, 3.63) is 62.9 Å². The summed E-state index contributed by atoms with van der Waals surface area (Å²) < 4.78 is 0. The van der Waals surface area contributed by atoms with E-state index < -0.39 is 17.7 Å². The van der Waals surface area contributed by atoms with E-state index in [1.807, 2.05) is 36.6 Å². The highest BCUT2D eigenvalue weighted by molar-refractivity contribution is 7.10. The standard InChI is InChI=1S/C25H29NO3S/c1-15-11-12-16(25(2,3)4)14-18(15)22(27)20-21(19-10-7-13-30-19)26(24(29)23(20)28)17-8-5-6-9-17/h7,10-14,17,21,27H,5-6,8-9H2,1-4H3/b22-20+. The summed E-state index contributed by atoms with van der Waals surface area (Å²) in [4.78, 5) is 28.9. The molecule has 5 heteroatoms. The predicted octanol–water partition coefficient (Wildman–Crippen LogP) is 5.72. The van der Waals surface area contributed by atoms with Gasteiger partial charge in [0.05, 0.1) is 11.6 Å². The second kappa shape index (κ2) is 7.69. The van der Waals surface area contributed by atoms with Crippen LogP contribution in [0.2, 0.25) is 0 Å². The lowest BCUT2D eigenvalue weighted by atomic mass is 9.84. The van der Waals surface area contributed by atoms with Crippen LogP contribution in [0.5, 0.6) is 0 Å². The number of aliphatic hydroxyl groups is 1. The average molecular weight is 424 g/mol. The monoisotopic (exact) mass is 423 g/mol. The van der Waals surface area contributed by atoms with Gasteiger partial charge in [-0.05, 0) is 53.8 Å². The van der Waals surface area contributed by atoms with Crippen molar-refractivity contribution in [1.82, 2.24) is 4.90 Å². The van der Waals surface area contributed by atoms with Crippen molar-refractivity contribution in [3.63, 3.8) is 0 Å². The molecule has 2 heterocycles. The van der Waals surface area contributed by atoms with Crippen LogP contribution in [-0.2, 0) is 15.0 Å². The first kappa shape index (κ1) is 20.9. The zero-order valence-electron chi connectivity index (χ0n) is 18.1. The van der Waals surface area contributed by atoms with Crippen molar-refractivity contribution < 1.29 is 14.7 Å². The highest BCUT2D eigenvalue weighted by Gasteiger charge is 2.49. The van der Waals surface area contributed by atoms with Gasteiger partial charge in [0.2, 0.25) is 0 Å². The molecular weight excluding hydrogens is 394 g/mol. The molecule has 1 aromatic heterocycles. The van der Waals surface area contributed by atoms with Gasteiger partial charge in [-0.3, -0.25) is 9.59 Å². The molecule has 158 valence electrons. The Morgan fingerprint density at radius 3 is 2.43 bits per heavy atom. The molecule has 1 unspecified atom stereocenters. The van der Waals surface area contributed by atoms with Gasteiger partial charge in [-0.2, -0.15) is 0 Å². The number of aliphatic hydroxyl groups excluding tert-OH is 1. The van der Waals surface area contributed by atoms with E-state index in [1.54, 1.807) is 4.90 Å². The maximum atomic E-state index is 13.2. The minimum Gasteiger partial charge on any atom is -0.507 e. The Balaban J connectivity index is 1.90. The van der Waals surface area contributed by atoms with E-state index in [1.165, 1.54) is 11.3 Å². The van der Waals surface area contributed by atoms with Crippen LogP contribution >= 0.6 is 11.3 Å². The van der Waals surface area contributed by atoms with Crippen molar-refractivity contribution in [2.75, 3.05) is 0 Å². The van der Waals surface area contributed by atoms with E-state index in [4.69, 9.17) is 0 Å². The van der Waals surface area contributed by atoms with Crippen LogP contribution in [-0.4, -0.2) is 27.7 Å². The van der Waals surface area contributed by atoms with Crippen LogP contribution in [0.4, 0.5) is 0 Å². The van der Waals surface area contributed by atoms with E-state index in [0.29, 0.717) is 5.56 Å². The van der Waals surface area contributed by atoms with Crippen molar-refractivity contribution in [3.8, 4) is 0 Å². The molecule has 0 spiro atoms. The molecule has 1 saturated heterocycles. The van der Waals surface area contributed by atoms with E-state index >= 15 is 0 Å². The van der Waals surface area contributed by atoms with Crippen LogP contribution < -0.4 is 0 Å². The van der Waals surface area contributed by atoms with Gasteiger partial charge in [0.25, 0.3) is 11.7 Å². The Bertz CT molecular complexity index is 1010. The number of carbonyl (C=O) groups is 2. The minimum atomic E-state index is -0.571. The van der Waals surface area contributed by atoms with Gasteiger partial charge in [-0.15, -0.1) is 11.3 Å². The van der Waals surface area contributed by atoms with Crippen molar-refractivity contribution >= 4 is 28.8 Å². The molecule has 1 saturated carbocycles. The largest absolute Gasteiger partial charge is 0.507 e. The number of ketones is 1. The first-order valence-corrected chi connectivity index (χ1v) is 11.5. The maximum Gasteiger partial charge on any atom is 0.295 e. The number of carbonyl (C=O) groups excluding carboxylic acids is 2. The van der Waals surface area contributed by atoms with E-state index in [9.17, 15) is 14.7 Å². The number of likely N-dealkylation sites (tertiary alicyclic amines) is 1. The van der Waals surface area contributed by atoms with E-state index in [0.717, 1.165) is 41.7 Å². The minimum absolute atomic E-state index is 0.0563. The SMILES string of the molecule is Cc1ccc(C(C)(C)C)cc1/C(O)=C1\C(=O)C(=O)N(C2CCCC2)C1c1cccs1. The van der Waals surface area contributed by atoms with Crippen molar-refractivity contribution in [2.24, 2.45) is 0 Å². The van der Waals surface area contributed by atoms with Crippen LogP contribution in [0, 0.1) is 6.92 Å². The van der Waals surface area contributed by atoms with Crippen LogP contribution in [0.3, 0.4) is 0 Å². The highest BCUT2D eigenvalue weighted by Crippen LogP contribution is 2.45. The van der Waals surface area contributed by atoms with E-state index in [-0.39, 0.29) is 22.8 Å². The third-order valence-electron chi connectivity index (χ3n) is 6.37. The summed E-state index contributed by atoms with van der Waals surface area (Å²) in [6, 6.07) is 9.42. The molecule has 0 bridgehead atoms. The zero-order valence-corrected chi connectivity index (χ0v) is 18.9. The smallest absolute Gasteiger partial charge is 0.295 e. The van der Waals surface area contributed by atoms with Crippen molar-refractivity contribution in [2.45, 2.75) is 70.9 Å². The molecule has 2 fully saturated rings. The van der Waals surface area contributed by atoms with Gasteiger partial charge in [0.1, 0.15) is 5.76 Å². The number of aryl methyl sites for hydroxylation is 1. The van der Waals surface area contributed by atoms with Gasteiger partial charge in [0.15, 0.2) is 0 Å². The number of nitrogens with zero attached hydrogens (tertiary/aromatic N) is 1. The van der Waals surface area contributed by atoms with Crippen molar-refractivity contribution in [1.29, 1.82) is 0 Å². The number of amides is 1. The molecule has 1 amide bonds. The first-order chi connectivity index (χ1) is 14.2. The fraction of sp³-hybridized carbons (Fsp3) is 0.440. The molecule has 4 nitrogen and oxygen atoms in total. The second-order valence-corrected chi connectivity index (χ2v) is 10.4.